The minimum Gasteiger partial charge on any atom is -0.383 e. The van der Waals surface area contributed by atoms with Crippen LogP contribution in [-0.2, 0) is 4.74 Å². The first-order valence-corrected chi connectivity index (χ1v) is 7.81. The van der Waals surface area contributed by atoms with E-state index in [2.05, 4.69) is 36.0 Å². The molecule has 21 heavy (non-hydrogen) atoms. The van der Waals surface area contributed by atoms with Crippen molar-refractivity contribution in [2.45, 2.75) is 39.7 Å². The maximum atomic E-state index is 5.88. The highest BCUT2D eigenvalue weighted by Crippen LogP contribution is 2.21. The van der Waals surface area contributed by atoms with Gasteiger partial charge in [-0.15, -0.1) is 24.0 Å². The third kappa shape index (κ3) is 8.21. The van der Waals surface area contributed by atoms with Crippen LogP contribution in [0.5, 0.6) is 0 Å². The number of piperidine rings is 1. The second kappa shape index (κ2) is 11.5. The van der Waals surface area contributed by atoms with Crippen molar-refractivity contribution >= 4 is 29.9 Å². The average molecular weight is 412 g/mol. The van der Waals surface area contributed by atoms with Gasteiger partial charge in [0.05, 0.1) is 13.2 Å². The number of nitrogens with zero attached hydrogens (tertiary/aromatic N) is 2. The van der Waals surface area contributed by atoms with Crippen molar-refractivity contribution in [3.8, 4) is 0 Å². The van der Waals surface area contributed by atoms with Crippen molar-refractivity contribution in [3.05, 3.63) is 0 Å². The van der Waals surface area contributed by atoms with Gasteiger partial charge in [0.1, 0.15) is 0 Å². The lowest BCUT2D eigenvalue weighted by molar-refractivity contribution is 0.113. The van der Waals surface area contributed by atoms with Crippen molar-refractivity contribution in [2.24, 2.45) is 22.6 Å². The highest BCUT2D eigenvalue weighted by Gasteiger charge is 2.25. The molecule has 0 aliphatic carbocycles. The van der Waals surface area contributed by atoms with Crippen LogP contribution in [0.3, 0.4) is 0 Å². The Morgan fingerprint density at radius 2 is 2.00 bits per heavy atom. The van der Waals surface area contributed by atoms with E-state index in [1.54, 1.807) is 7.11 Å². The van der Waals surface area contributed by atoms with E-state index in [-0.39, 0.29) is 24.0 Å². The zero-order chi connectivity index (χ0) is 15.0. The first-order chi connectivity index (χ1) is 9.54. The normalized spacial score (nSPS) is 19.4. The fourth-order valence-electron chi connectivity index (χ4n) is 2.64. The quantitative estimate of drug-likeness (QED) is 0.290. The molecule has 126 valence electrons. The summed E-state index contributed by atoms with van der Waals surface area (Å²) >= 11 is 0. The lowest BCUT2D eigenvalue weighted by Crippen LogP contribution is -2.46. The zero-order valence-electron chi connectivity index (χ0n) is 14.0. The Hall–Kier alpha value is -0.0800. The molecular weight excluding hydrogens is 379 g/mol. The maximum Gasteiger partial charge on any atom is 0.188 e. The lowest BCUT2D eigenvalue weighted by atomic mass is 9.94. The molecule has 1 unspecified atom stereocenters. The molecule has 0 bridgehead atoms. The molecule has 3 N–H and O–H groups in total. The first kappa shape index (κ1) is 20.9. The Balaban J connectivity index is 0.00000400. The van der Waals surface area contributed by atoms with Crippen molar-refractivity contribution in [1.29, 1.82) is 0 Å². The fraction of sp³-hybridized carbons (Fsp3) is 0.933. The maximum absolute atomic E-state index is 5.88. The number of guanidine groups is 1. The molecule has 6 heteroatoms. The minimum absolute atomic E-state index is 0. The topological polar surface area (TPSA) is 62.9 Å². The smallest absolute Gasteiger partial charge is 0.188 e. The number of likely N-dealkylation sites (tertiary alicyclic amines) is 1. The van der Waals surface area contributed by atoms with Crippen LogP contribution in [0, 0.1) is 11.8 Å². The highest BCUT2D eigenvalue weighted by atomic mass is 127. The second-order valence-corrected chi connectivity index (χ2v) is 6.18. The summed E-state index contributed by atoms with van der Waals surface area (Å²) in [5.74, 6) is 1.99. The van der Waals surface area contributed by atoms with Crippen LogP contribution >= 0.6 is 24.0 Å². The molecule has 1 saturated heterocycles. The van der Waals surface area contributed by atoms with E-state index in [9.17, 15) is 0 Å². The number of aliphatic imine (C=N–C) groups is 1. The van der Waals surface area contributed by atoms with Gasteiger partial charge in [-0.1, -0.05) is 20.8 Å². The summed E-state index contributed by atoms with van der Waals surface area (Å²) in [6.07, 6.45) is 2.60. The van der Waals surface area contributed by atoms with Crippen LogP contribution < -0.4 is 11.1 Å². The zero-order valence-corrected chi connectivity index (χ0v) is 16.3. The van der Waals surface area contributed by atoms with Gasteiger partial charge in [-0.3, -0.25) is 9.89 Å². The molecule has 1 rings (SSSR count). The average Bonchev–Trinajstić information content (AvgIpc) is 2.41. The largest absolute Gasteiger partial charge is 0.383 e. The summed E-state index contributed by atoms with van der Waals surface area (Å²) in [5.41, 5.74) is 5.88. The van der Waals surface area contributed by atoms with E-state index in [0.29, 0.717) is 31.1 Å². The molecule has 1 fully saturated rings. The molecule has 0 amide bonds. The van der Waals surface area contributed by atoms with Crippen molar-refractivity contribution in [3.63, 3.8) is 0 Å². The molecule has 1 atom stereocenters. The number of methoxy groups -OCH3 is 1. The van der Waals surface area contributed by atoms with Crippen LogP contribution in [-0.4, -0.2) is 56.8 Å². The summed E-state index contributed by atoms with van der Waals surface area (Å²) < 4.78 is 4.98. The molecule has 0 aromatic rings. The molecule has 1 aliphatic rings. The Kier molecular flexibility index (Phi) is 11.4. The van der Waals surface area contributed by atoms with Gasteiger partial charge in [-0.05, 0) is 37.8 Å². The van der Waals surface area contributed by atoms with Gasteiger partial charge in [0.15, 0.2) is 5.96 Å². The lowest BCUT2D eigenvalue weighted by Gasteiger charge is -2.38. The third-order valence-electron chi connectivity index (χ3n) is 4.12. The van der Waals surface area contributed by atoms with Gasteiger partial charge in [0, 0.05) is 19.7 Å². The van der Waals surface area contributed by atoms with Gasteiger partial charge >= 0.3 is 0 Å². The SMILES string of the molecule is COCCNC(N)=NCC(C(C)C)N1CCC(C)CC1.I. The van der Waals surface area contributed by atoms with Crippen LogP contribution in [0.1, 0.15) is 33.6 Å². The molecule has 1 aliphatic heterocycles. The van der Waals surface area contributed by atoms with Gasteiger partial charge in [-0.25, -0.2) is 0 Å². The molecule has 0 aromatic heterocycles. The first-order valence-electron chi connectivity index (χ1n) is 7.81. The standard InChI is InChI=1S/C15H32N4O.HI/c1-12(2)14(19-8-5-13(3)6-9-19)11-18-15(16)17-7-10-20-4;/h12-14H,5-11H2,1-4H3,(H3,16,17,18);1H. The molecular formula is C15H33IN4O. The number of halogens is 1. The summed E-state index contributed by atoms with van der Waals surface area (Å²) in [5, 5.41) is 3.07. The monoisotopic (exact) mass is 412 g/mol. The summed E-state index contributed by atoms with van der Waals surface area (Å²) in [6, 6.07) is 0.491. The number of hydrogen-bond donors (Lipinski definition) is 2. The van der Waals surface area contributed by atoms with Gasteiger partial charge in [-0.2, -0.15) is 0 Å². The third-order valence-corrected chi connectivity index (χ3v) is 4.12. The number of ether oxygens (including phenoxy) is 1. The molecule has 1 heterocycles. The van der Waals surface area contributed by atoms with Crippen molar-refractivity contribution < 1.29 is 4.74 Å². The second-order valence-electron chi connectivity index (χ2n) is 6.18. The summed E-state index contributed by atoms with van der Waals surface area (Å²) in [4.78, 5) is 7.08. The van der Waals surface area contributed by atoms with E-state index >= 15 is 0 Å². The van der Waals surface area contributed by atoms with Crippen LogP contribution in [0.2, 0.25) is 0 Å². The summed E-state index contributed by atoms with van der Waals surface area (Å²) in [7, 11) is 1.68. The van der Waals surface area contributed by atoms with Gasteiger partial charge < -0.3 is 15.8 Å². The Labute approximate surface area is 147 Å². The predicted octanol–water partition coefficient (Wildman–Crippen LogP) is 1.91. The Morgan fingerprint density at radius 1 is 1.38 bits per heavy atom. The van der Waals surface area contributed by atoms with Crippen molar-refractivity contribution in [1.82, 2.24) is 10.2 Å². The van der Waals surface area contributed by atoms with Crippen LogP contribution in [0.4, 0.5) is 0 Å². The molecule has 0 radical (unpaired) electrons. The van der Waals surface area contributed by atoms with E-state index in [4.69, 9.17) is 10.5 Å². The van der Waals surface area contributed by atoms with E-state index in [1.807, 2.05) is 0 Å². The van der Waals surface area contributed by atoms with Crippen LogP contribution in [0.25, 0.3) is 0 Å². The number of nitrogens with two attached hydrogens (primary N) is 1. The highest BCUT2D eigenvalue weighted by molar-refractivity contribution is 14.0. The number of hydrogen-bond acceptors (Lipinski definition) is 3. The molecule has 5 nitrogen and oxygen atoms in total. The Bertz CT molecular complexity index is 291. The van der Waals surface area contributed by atoms with Crippen LogP contribution in [0.15, 0.2) is 4.99 Å². The van der Waals surface area contributed by atoms with Gasteiger partial charge in [0.25, 0.3) is 0 Å². The molecule has 0 aromatic carbocycles. The predicted molar refractivity (Wildman–Crippen MR) is 100 cm³/mol. The van der Waals surface area contributed by atoms with E-state index in [1.165, 1.54) is 25.9 Å². The fourth-order valence-corrected chi connectivity index (χ4v) is 2.64. The summed E-state index contributed by atoms with van der Waals surface area (Å²) in [6.45, 7) is 11.4. The van der Waals surface area contributed by atoms with E-state index < -0.39 is 0 Å². The number of rotatable bonds is 7. The minimum atomic E-state index is 0. The van der Waals surface area contributed by atoms with Crippen molar-refractivity contribution in [2.75, 3.05) is 39.9 Å². The molecule has 0 spiro atoms. The number of nitrogens with one attached hydrogen (secondary N) is 1. The van der Waals surface area contributed by atoms with Gasteiger partial charge in [0.2, 0.25) is 0 Å². The molecule has 0 saturated carbocycles. The Morgan fingerprint density at radius 3 is 2.52 bits per heavy atom. The van der Waals surface area contributed by atoms with E-state index in [0.717, 1.165) is 12.5 Å².